The van der Waals surface area contributed by atoms with Crippen LogP contribution in [0.5, 0.6) is 0 Å². The number of piperidine rings is 4. The van der Waals surface area contributed by atoms with E-state index in [1.54, 1.807) is 0 Å². The molecule has 20 nitrogen and oxygen atoms in total. The summed E-state index contributed by atoms with van der Waals surface area (Å²) in [4.78, 5) is 3.68. The van der Waals surface area contributed by atoms with Gasteiger partial charge in [0, 0.05) is 26.2 Å². The maximum Gasteiger partial charge on any atom is 0.109 e. The molecule has 0 bridgehead atoms. The van der Waals surface area contributed by atoms with Crippen LogP contribution in [0, 0.1) is 0 Å². The molecular weight excluding hydrogens is 732 g/mol. The van der Waals surface area contributed by atoms with Crippen LogP contribution in [0.1, 0.15) is 39.5 Å². The van der Waals surface area contributed by atoms with E-state index in [9.17, 15) is 40.9 Å². The van der Waals surface area contributed by atoms with Crippen LogP contribution in [-0.4, -0.2) is 255 Å². The van der Waals surface area contributed by atoms with Gasteiger partial charge in [-0.1, -0.05) is 26.7 Å². The van der Waals surface area contributed by atoms with E-state index in [1.807, 2.05) is 9.80 Å². The van der Waals surface area contributed by atoms with E-state index in [0.29, 0.717) is 13.1 Å². The maximum atomic E-state index is 9.67. The molecule has 0 amide bonds. The Labute approximate surface area is 317 Å². The van der Waals surface area contributed by atoms with Gasteiger partial charge in [0.25, 0.3) is 0 Å². The fourth-order valence-electron chi connectivity index (χ4n) is 6.30. The minimum absolute atomic E-state index is 0. The van der Waals surface area contributed by atoms with Gasteiger partial charge < -0.3 is 92.3 Å². The monoisotopic (exact) mass is 800 g/mol. The summed E-state index contributed by atoms with van der Waals surface area (Å²) in [6.07, 6.45) is -8.79. The number of hydrogen-bond acceptors (Lipinski definition) is 20. The maximum absolute atomic E-state index is 9.67. The SMILES string of the molecule is CCCCN1C[C@@H](O)[C@@H](O)[C@H](O)[C@H]1CO.CCCCN1C[C@H](O)[C@@H](O)[C@H](O)[C@H]1CO.Cl.OC[C@H]1NC[C@@H](O)[C@@H](O)[C@@H]1O.OC[C@H]1NC[C@H](O)[C@@H](O)[C@@H]1O. The lowest BCUT2D eigenvalue weighted by Gasteiger charge is -2.43. The molecule has 0 aromatic rings. The van der Waals surface area contributed by atoms with Crippen molar-refractivity contribution in [3.05, 3.63) is 0 Å². The average molecular weight is 801 g/mol. The van der Waals surface area contributed by atoms with Crippen LogP contribution in [0.3, 0.4) is 0 Å². The molecule has 0 aromatic carbocycles. The molecule has 0 aliphatic carbocycles. The number of aliphatic hydroxyl groups is 16. The molecule has 0 saturated carbocycles. The van der Waals surface area contributed by atoms with E-state index in [4.69, 9.17) is 40.9 Å². The van der Waals surface area contributed by atoms with E-state index in [0.717, 1.165) is 38.8 Å². The fourth-order valence-corrected chi connectivity index (χ4v) is 6.30. The summed E-state index contributed by atoms with van der Waals surface area (Å²) >= 11 is 0. The second-order valence-electron chi connectivity index (χ2n) is 13.8. The van der Waals surface area contributed by atoms with Crippen LogP contribution in [0.25, 0.3) is 0 Å². The number of β-amino-alcohol motifs (C(OH)–C–C–N with tert-alkyl or cyclic N) is 4. The van der Waals surface area contributed by atoms with E-state index in [2.05, 4.69) is 24.5 Å². The predicted octanol–water partition coefficient (Wildman–Crippen LogP) is -8.42. The van der Waals surface area contributed by atoms with Crippen LogP contribution >= 0.6 is 12.4 Å². The molecule has 4 saturated heterocycles. The standard InChI is InChI=1S/2C10H21NO4.2C6H13NO4.ClH/c2*1-2-3-4-11-5-8(13)10(15)9(14)7(11)6-12;2*8-2-3-5(10)6(11)4(9)1-7-3;/h2*7-10,12-15H,2-6H2,1H3;2*3-11H,1-2H2;1H/t7-,8+,9-,10-;7-,8-,9-,10-;3-,4+,5-,6-;3-,4-,5-,6-;/m1111./s1. The molecule has 4 aliphatic rings. The number of nitrogens with zero attached hydrogens (tertiary/aromatic N) is 2. The highest BCUT2D eigenvalue weighted by Crippen LogP contribution is 2.20. The summed E-state index contributed by atoms with van der Waals surface area (Å²) < 4.78 is 0. The number of unbranched alkanes of at least 4 members (excludes halogenated alkanes) is 2. The smallest absolute Gasteiger partial charge is 0.109 e. The van der Waals surface area contributed by atoms with Gasteiger partial charge in [-0.25, -0.2) is 0 Å². The number of aliphatic hydroxyl groups excluding tert-OH is 16. The third-order valence-electron chi connectivity index (χ3n) is 9.91. The Hall–Kier alpha value is -0.510. The molecule has 0 radical (unpaired) electrons. The minimum atomic E-state index is -1.16. The lowest BCUT2D eigenvalue weighted by Crippen LogP contribution is -2.62. The van der Waals surface area contributed by atoms with Crippen LogP contribution in [-0.2, 0) is 0 Å². The van der Waals surface area contributed by atoms with Gasteiger partial charge in [0.05, 0.1) is 87.2 Å². The van der Waals surface area contributed by atoms with Crippen molar-refractivity contribution in [2.45, 2.75) is 137 Å². The molecule has 0 spiro atoms. The number of likely N-dealkylation sites (tertiary alicyclic amines) is 2. The second-order valence-corrected chi connectivity index (χ2v) is 13.8. The Balaban J connectivity index is 0.000000683. The van der Waals surface area contributed by atoms with Gasteiger partial charge in [0.1, 0.15) is 36.6 Å². The molecule has 4 heterocycles. The summed E-state index contributed by atoms with van der Waals surface area (Å²) in [5, 5.41) is 153. The zero-order valence-corrected chi connectivity index (χ0v) is 31.4. The highest BCUT2D eigenvalue weighted by atomic mass is 35.5. The number of nitrogens with one attached hydrogen (secondary N) is 2. The number of halogens is 1. The molecule has 4 aliphatic heterocycles. The molecule has 320 valence electrons. The first-order valence-electron chi connectivity index (χ1n) is 18.1. The summed E-state index contributed by atoms with van der Waals surface area (Å²) in [6.45, 7) is 5.68. The molecule has 0 aromatic heterocycles. The first kappa shape index (κ1) is 52.5. The van der Waals surface area contributed by atoms with Crippen molar-refractivity contribution in [3.63, 3.8) is 0 Å². The van der Waals surface area contributed by atoms with Gasteiger partial charge >= 0.3 is 0 Å². The Morgan fingerprint density at radius 3 is 1.00 bits per heavy atom. The number of hydrogen-bond donors (Lipinski definition) is 18. The second kappa shape index (κ2) is 27.2. The van der Waals surface area contributed by atoms with Crippen molar-refractivity contribution >= 4 is 12.4 Å². The van der Waals surface area contributed by atoms with Crippen LogP contribution in [0.4, 0.5) is 0 Å². The lowest BCUT2D eigenvalue weighted by molar-refractivity contribution is -0.145. The zero-order chi connectivity index (χ0) is 39.7. The van der Waals surface area contributed by atoms with Crippen molar-refractivity contribution in [1.82, 2.24) is 20.4 Å². The number of rotatable bonds is 10. The minimum Gasteiger partial charge on any atom is -0.395 e. The van der Waals surface area contributed by atoms with Crippen molar-refractivity contribution in [1.29, 1.82) is 0 Å². The van der Waals surface area contributed by atoms with Crippen molar-refractivity contribution in [3.8, 4) is 0 Å². The molecule has 4 fully saturated rings. The van der Waals surface area contributed by atoms with Gasteiger partial charge in [0.2, 0.25) is 0 Å². The van der Waals surface area contributed by atoms with Crippen molar-refractivity contribution in [2.24, 2.45) is 0 Å². The summed E-state index contributed by atoms with van der Waals surface area (Å²) in [5.41, 5.74) is 0. The average Bonchev–Trinajstić information content (AvgIpc) is 3.13. The molecular formula is C32H69ClN4O16. The van der Waals surface area contributed by atoms with Crippen molar-refractivity contribution in [2.75, 3.05) is 65.7 Å². The first-order valence-corrected chi connectivity index (χ1v) is 18.1. The highest BCUT2D eigenvalue weighted by Gasteiger charge is 2.42. The van der Waals surface area contributed by atoms with Crippen LogP contribution in [0.2, 0.25) is 0 Å². The van der Waals surface area contributed by atoms with Gasteiger partial charge in [-0.2, -0.15) is 0 Å². The molecule has 18 N–H and O–H groups in total. The van der Waals surface area contributed by atoms with Crippen LogP contribution < -0.4 is 10.6 Å². The predicted molar refractivity (Wildman–Crippen MR) is 192 cm³/mol. The summed E-state index contributed by atoms with van der Waals surface area (Å²) in [5.74, 6) is 0. The van der Waals surface area contributed by atoms with Gasteiger partial charge in [-0.15, -0.1) is 12.4 Å². The summed E-state index contributed by atoms with van der Waals surface area (Å²) in [7, 11) is 0. The van der Waals surface area contributed by atoms with Gasteiger partial charge in [-0.3, -0.25) is 9.80 Å². The van der Waals surface area contributed by atoms with E-state index >= 15 is 0 Å². The Morgan fingerprint density at radius 2 is 0.736 bits per heavy atom. The third kappa shape index (κ3) is 15.7. The van der Waals surface area contributed by atoms with Crippen LogP contribution in [0.15, 0.2) is 0 Å². The van der Waals surface area contributed by atoms with E-state index in [1.165, 1.54) is 0 Å². The molecule has 21 heteroatoms. The fraction of sp³-hybridized carbons (Fsp3) is 1.00. The van der Waals surface area contributed by atoms with Crippen molar-refractivity contribution < 1.29 is 81.7 Å². The quantitative estimate of drug-likeness (QED) is 0.0975. The zero-order valence-electron chi connectivity index (χ0n) is 30.6. The topological polar surface area (TPSA) is 354 Å². The van der Waals surface area contributed by atoms with E-state index in [-0.39, 0.29) is 51.9 Å². The third-order valence-corrected chi connectivity index (χ3v) is 9.91. The highest BCUT2D eigenvalue weighted by molar-refractivity contribution is 5.85. The molecule has 0 unspecified atom stereocenters. The normalized spacial score (nSPS) is 40.6. The van der Waals surface area contributed by atoms with E-state index < -0.39 is 97.4 Å². The lowest BCUT2D eigenvalue weighted by atomic mass is 9.94. The van der Waals surface area contributed by atoms with Gasteiger partial charge in [-0.05, 0) is 25.9 Å². The molecule has 16 atom stereocenters. The Bertz CT molecular complexity index is 856. The summed E-state index contributed by atoms with van der Waals surface area (Å²) in [6, 6.07) is -1.99. The first-order chi connectivity index (χ1) is 24.6. The largest absolute Gasteiger partial charge is 0.395 e. The van der Waals surface area contributed by atoms with Gasteiger partial charge in [0.15, 0.2) is 0 Å². The Morgan fingerprint density at radius 1 is 0.434 bits per heavy atom. The molecule has 53 heavy (non-hydrogen) atoms. The molecule has 4 rings (SSSR count). The Kier molecular flexibility index (Phi) is 26.9.